The first kappa shape index (κ1) is 15.7. The molecule has 0 fully saturated rings. The molecule has 0 aliphatic carbocycles. The van der Waals surface area contributed by atoms with Gasteiger partial charge in [0.2, 0.25) is 0 Å². The third kappa shape index (κ3) is 4.13. The molecule has 110 valence electrons. The summed E-state index contributed by atoms with van der Waals surface area (Å²) in [7, 11) is 3.46. The molecule has 1 N–H and O–H groups in total. The van der Waals surface area contributed by atoms with Gasteiger partial charge in [-0.25, -0.2) is 0 Å². The summed E-state index contributed by atoms with van der Waals surface area (Å²) in [6, 6.07) is 12.7. The van der Waals surface area contributed by atoms with Gasteiger partial charge < -0.3 is 10.2 Å². The second-order valence-electron chi connectivity index (χ2n) is 4.87. The van der Waals surface area contributed by atoms with Crippen molar-refractivity contribution in [3.05, 3.63) is 63.6 Å². The molecule has 0 spiro atoms. The molecule has 0 aliphatic rings. The van der Waals surface area contributed by atoms with E-state index in [-0.39, 0.29) is 5.91 Å². The fourth-order valence-electron chi connectivity index (χ4n) is 1.90. The Balaban J connectivity index is 2.12. The van der Waals surface area contributed by atoms with Crippen molar-refractivity contribution in [3.63, 3.8) is 0 Å². The van der Waals surface area contributed by atoms with E-state index in [1.54, 1.807) is 37.2 Å². The molecule has 0 radical (unpaired) electrons. The standard InChI is InChI=1S/C16H16Cl2N2O/c1-20(2)16(21)11-4-3-5-14(9-11)19-10-12-8-13(17)6-7-15(12)18/h3-9,19H,10H2,1-2H3. The summed E-state index contributed by atoms with van der Waals surface area (Å²) >= 11 is 12.1. The minimum absolute atomic E-state index is 0.0283. The fourth-order valence-corrected chi connectivity index (χ4v) is 2.28. The number of carbonyl (C=O) groups is 1. The van der Waals surface area contributed by atoms with Crippen LogP contribution in [0.1, 0.15) is 15.9 Å². The molecule has 0 saturated heterocycles. The van der Waals surface area contributed by atoms with Gasteiger partial charge in [0.1, 0.15) is 0 Å². The molecule has 0 saturated carbocycles. The molecule has 21 heavy (non-hydrogen) atoms. The van der Waals surface area contributed by atoms with Crippen LogP contribution >= 0.6 is 23.2 Å². The van der Waals surface area contributed by atoms with Gasteiger partial charge in [-0.1, -0.05) is 29.3 Å². The monoisotopic (exact) mass is 322 g/mol. The maximum Gasteiger partial charge on any atom is 0.253 e. The topological polar surface area (TPSA) is 32.3 Å². The van der Waals surface area contributed by atoms with E-state index in [1.165, 1.54) is 0 Å². The van der Waals surface area contributed by atoms with E-state index in [2.05, 4.69) is 5.32 Å². The molecule has 2 aromatic rings. The second-order valence-corrected chi connectivity index (χ2v) is 5.71. The third-order valence-corrected chi connectivity index (χ3v) is 3.61. The zero-order valence-corrected chi connectivity index (χ0v) is 13.4. The van der Waals surface area contributed by atoms with Gasteiger partial charge in [-0.3, -0.25) is 4.79 Å². The number of carbonyl (C=O) groups excluding carboxylic acids is 1. The Hall–Kier alpha value is -1.71. The van der Waals surface area contributed by atoms with E-state index >= 15 is 0 Å². The molecular weight excluding hydrogens is 307 g/mol. The Morgan fingerprint density at radius 2 is 1.90 bits per heavy atom. The third-order valence-electron chi connectivity index (χ3n) is 3.01. The van der Waals surface area contributed by atoms with E-state index < -0.39 is 0 Å². The normalized spacial score (nSPS) is 10.3. The van der Waals surface area contributed by atoms with E-state index in [0.29, 0.717) is 22.2 Å². The summed E-state index contributed by atoms with van der Waals surface area (Å²) in [6.45, 7) is 0.541. The van der Waals surface area contributed by atoms with Gasteiger partial charge >= 0.3 is 0 Å². The first-order valence-corrected chi connectivity index (χ1v) is 7.22. The highest BCUT2D eigenvalue weighted by Gasteiger charge is 2.08. The average Bonchev–Trinajstić information content (AvgIpc) is 2.47. The van der Waals surface area contributed by atoms with Gasteiger partial charge in [0.05, 0.1) is 0 Å². The highest BCUT2D eigenvalue weighted by Crippen LogP contribution is 2.22. The molecule has 0 heterocycles. The number of hydrogen-bond donors (Lipinski definition) is 1. The molecule has 5 heteroatoms. The minimum Gasteiger partial charge on any atom is -0.381 e. The number of amides is 1. The quantitative estimate of drug-likeness (QED) is 0.909. The number of anilines is 1. The maximum absolute atomic E-state index is 11.9. The van der Waals surface area contributed by atoms with Crippen molar-refractivity contribution < 1.29 is 4.79 Å². The number of benzene rings is 2. The molecule has 0 unspecified atom stereocenters. The van der Waals surface area contributed by atoms with Crippen molar-refractivity contribution in [1.82, 2.24) is 4.90 Å². The van der Waals surface area contributed by atoms with Crippen LogP contribution in [0, 0.1) is 0 Å². The van der Waals surface area contributed by atoms with Crippen LogP contribution in [0.2, 0.25) is 10.0 Å². The smallest absolute Gasteiger partial charge is 0.253 e. The molecule has 1 amide bonds. The van der Waals surface area contributed by atoms with Gasteiger partial charge in [-0.05, 0) is 42.0 Å². The number of halogens is 2. The van der Waals surface area contributed by atoms with Crippen LogP contribution in [0.3, 0.4) is 0 Å². The summed E-state index contributed by atoms with van der Waals surface area (Å²) in [5.41, 5.74) is 2.41. The Kier molecular flexibility index (Phi) is 5.10. The lowest BCUT2D eigenvalue weighted by Crippen LogP contribution is -2.21. The van der Waals surface area contributed by atoms with Gasteiger partial charge in [0.25, 0.3) is 5.91 Å². The average molecular weight is 323 g/mol. The van der Waals surface area contributed by atoms with Crippen LogP contribution in [0.25, 0.3) is 0 Å². The first-order chi connectivity index (χ1) is 9.97. The summed E-state index contributed by atoms with van der Waals surface area (Å²) in [5.74, 6) is -0.0283. The Morgan fingerprint density at radius 3 is 2.62 bits per heavy atom. The van der Waals surface area contributed by atoms with Gasteiger partial charge in [0, 0.05) is 41.9 Å². The van der Waals surface area contributed by atoms with Crippen molar-refractivity contribution in [2.45, 2.75) is 6.54 Å². The van der Waals surface area contributed by atoms with Crippen LogP contribution < -0.4 is 5.32 Å². The fraction of sp³-hybridized carbons (Fsp3) is 0.188. The van der Waals surface area contributed by atoms with Crippen LogP contribution in [-0.2, 0) is 6.54 Å². The summed E-state index contributed by atoms with van der Waals surface area (Å²) in [4.78, 5) is 13.5. The highest BCUT2D eigenvalue weighted by atomic mass is 35.5. The number of hydrogen-bond acceptors (Lipinski definition) is 2. The summed E-state index contributed by atoms with van der Waals surface area (Å²) < 4.78 is 0. The van der Waals surface area contributed by atoms with Crippen molar-refractivity contribution in [1.29, 1.82) is 0 Å². The predicted molar refractivity (Wildman–Crippen MR) is 88.2 cm³/mol. The van der Waals surface area contributed by atoms with Gasteiger partial charge in [0.15, 0.2) is 0 Å². The molecule has 2 aromatic carbocycles. The zero-order chi connectivity index (χ0) is 15.4. The first-order valence-electron chi connectivity index (χ1n) is 6.47. The molecule has 0 aromatic heterocycles. The molecular formula is C16H16Cl2N2O. The predicted octanol–water partition coefficient (Wildman–Crippen LogP) is 4.31. The van der Waals surface area contributed by atoms with E-state index in [9.17, 15) is 4.79 Å². The van der Waals surface area contributed by atoms with Gasteiger partial charge in [-0.15, -0.1) is 0 Å². The lowest BCUT2D eigenvalue weighted by Gasteiger charge is -2.12. The van der Waals surface area contributed by atoms with Crippen molar-refractivity contribution in [2.24, 2.45) is 0 Å². The Labute approximate surface area is 134 Å². The van der Waals surface area contributed by atoms with Crippen molar-refractivity contribution in [2.75, 3.05) is 19.4 Å². The highest BCUT2D eigenvalue weighted by molar-refractivity contribution is 6.33. The molecule has 0 atom stereocenters. The Morgan fingerprint density at radius 1 is 1.14 bits per heavy atom. The van der Waals surface area contributed by atoms with E-state index in [4.69, 9.17) is 23.2 Å². The largest absolute Gasteiger partial charge is 0.381 e. The number of nitrogens with zero attached hydrogens (tertiary/aromatic N) is 1. The Bertz CT molecular complexity index is 656. The molecule has 0 aliphatic heterocycles. The van der Waals surface area contributed by atoms with Crippen LogP contribution in [0.15, 0.2) is 42.5 Å². The molecule has 0 bridgehead atoms. The number of nitrogens with one attached hydrogen (secondary N) is 1. The lowest BCUT2D eigenvalue weighted by molar-refractivity contribution is 0.0827. The summed E-state index contributed by atoms with van der Waals surface area (Å²) in [6.07, 6.45) is 0. The van der Waals surface area contributed by atoms with E-state index in [0.717, 1.165) is 11.3 Å². The van der Waals surface area contributed by atoms with Gasteiger partial charge in [-0.2, -0.15) is 0 Å². The SMILES string of the molecule is CN(C)C(=O)c1cccc(NCc2cc(Cl)ccc2Cl)c1. The lowest BCUT2D eigenvalue weighted by atomic mass is 10.1. The van der Waals surface area contributed by atoms with Crippen LogP contribution in [0.4, 0.5) is 5.69 Å². The maximum atomic E-state index is 11.9. The molecule has 3 nitrogen and oxygen atoms in total. The minimum atomic E-state index is -0.0283. The van der Waals surface area contributed by atoms with E-state index in [1.807, 2.05) is 24.3 Å². The zero-order valence-electron chi connectivity index (χ0n) is 11.9. The van der Waals surface area contributed by atoms with Crippen molar-refractivity contribution >= 4 is 34.8 Å². The van der Waals surface area contributed by atoms with Crippen LogP contribution in [-0.4, -0.2) is 24.9 Å². The molecule has 2 rings (SSSR count). The van der Waals surface area contributed by atoms with Crippen molar-refractivity contribution in [3.8, 4) is 0 Å². The second kappa shape index (κ2) is 6.83. The number of rotatable bonds is 4. The summed E-state index contributed by atoms with van der Waals surface area (Å²) in [5, 5.41) is 4.56. The van der Waals surface area contributed by atoms with Crippen LogP contribution in [0.5, 0.6) is 0 Å².